The van der Waals surface area contributed by atoms with Crippen molar-refractivity contribution in [2.75, 3.05) is 26.2 Å². The van der Waals surface area contributed by atoms with E-state index in [1.54, 1.807) is 4.90 Å². The summed E-state index contributed by atoms with van der Waals surface area (Å²) in [5.41, 5.74) is 5.07. The standard InChI is InChI=1S/C28H31N5O3/c1-20-7-5-6-10-22(20)27(35)32-15-12-24-23(19-32)26(28(36)31-16-13-25(34)29-14-18-31)30-33(24)17-11-21-8-3-2-4-9-21/h2-10H,11-19H2,1H3,(H,29,34). The molecule has 5 rings (SSSR count). The van der Waals surface area contributed by atoms with Crippen LogP contribution >= 0.6 is 0 Å². The molecular formula is C28H31N5O3. The van der Waals surface area contributed by atoms with Crippen LogP contribution < -0.4 is 5.32 Å². The van der Waals surface area contributed by atoms with Gasteiger partial charge in [-0.1, -0.05) is 48.5 Å². The molecule has 186 valence electrons. The molecule has 1 N–H and O–H groups in total. The Bertz CT molecular complexity index is 1280. The van der Waals surface area contributed by atoms with Gasteiger partial charge in [0, 0.05) is 62.4 Å². The molecule has 8 nitrogen and oxygen atoms in total. The molecule has 0 radical (unpaired) electrons. The molecule has 8 heteroatoms. The Morgan fingerprint density at radius 2 is 1.67 bits per heavy atom. The topological polar surface area (TPSA) is 87.5 Å². The number of aryl methyl sites for hydroxylation is 3. The van der Waals surface area contributed by atoms with Crippen LogP contribution in [0.1, 0.15) is 49.7 Å². The molecule has 0 saturated carbocycles. The van der Waals surface area contributed by atoms with Gasteiger partial charge in [-0.05, 0) is 30.5 Å². The minimum Gasteiger partial charge on any atom is -0.354 e. The minimum atomic E-state index is -0.175. The molecule has 1 saturated heterocycles. The van der Waals surface area contributed by atoms with Gasteiger partial charge in [-0.2, -0.15) is 5.10 Å². The second kappa shape index (κ2) is 10.4. The van der Waals surface area contributed by atoms with Crippen molar-refractivity contribution in [2.45, 2.75) is 39.3 Å². The van der Waals surface area contributed by atoms with E-state index in [2.05, 4.69) is 17.4 Å². The van der Waals surface area contributed by atoms with Crippen molar-refractivity contribution in [3.05, 3.63) is 88.2 Å². The smallest absolute Gasteiger partial charge is 0.274 e. The average molecular weight is 486 g/mol. The lowest BCUT2D eigenvalue weighted by molar-refractivity contribution is -0.120. The van der Waals surface area contributed by atoms with Gasteiger partial charge in [-0.15, -0.1) is 0 Å². The predicted octanol–water partition coefficient (Wildman–Crippen LogP) is 2.59. The van der Waals surface area contributed by atoms with Crippen LogP contribution in [0, 0.1) is 6.92 Å². The zero-order valence-electron chi connectivity index (χ0n) is 20.6. The van der Waals surface area contributed by atoms with Crippen LogP contribution in [-0.2, 0) is 30.7 Å². The lowest BCUT2D eigenvalue weighted by Gasteiger charge is -2.29. The summed E-state index contributed by atoms with van der Waals surface area (Å²) >= 11 is 0. The third kappa shape index (κ3) is 4.89. The number of hydrogen-bond donors (Lipinski definition) is 1. The molecule has 0 unspecified atom stereocenters. The Labute approximate surface area is 210 Å². The lowest BCUT2D eigenvalue weighted by atomic mass is 10.0. The third-order valence-electron chi connectivity index (χ3n) is 7.05. The van der Waals surface area contributed by atoms with Gasteiger partial charge < -0.3 is 15.1 Å². The minimum absolute atomic E-state index is 0.0289. The second-order valence-electron chi connectivity index (χ2n) is 9.42. The number of aromatic nitrogens is 2. The molecular weight excluding hydrogens is 454 g/mol. The number of amides is 3. The number of carbonyl (C=O) groups excluding carboxylic acids is 3. The summed E-state index contributed by atoms with van der Waals surface area (Å²) in [5.74, 6) is -0.249. The predicted molar refractivity (Wildman–Crippen MR) is 136 cm³/mol. The van der Waals surface area contributed by atoms with E-state index < -0.39 is 0 Å². The van der Waals surface area contributed by atoms with Gasteiger partial charge >= 0.3 is 0 Å². The summed E-state index contributed by atoms with van der Waals surface area (Å²) in [6.45, 7) is 4.76. The fourth-order valence-electron chi connectivity index (χ4n) is 5.00. The number of benzene rings is 2. The van der Waals surface area contributed by atoms with Crippen molar-refractivity contribution >= 4 is 17.7 Å². The number of nitrogens with one attached hydrogen (secondary N) is 1. The Morgan fingerprint density at radius 1 is 0.917 bits per heavy atom. The summed E-state index contributed by atoms with van der Waals surface area (Å²) in [4.78, 5) is 42.3. The van der Waals surface area contributed by atoms with E-state index in [9.17, 15) is 14.4 Å². The van der Waals surface area contributed by atoms with Crippen molar-refractivity contribution in [1.29, 1.82) is 0 Å². The molecule has 2 aliphatic rings. The van der Waals surface area contributed by atoms with Crippen LogP contribution in [0.15, 0.2) is 54.6 Å². The maximum atomic E-state index is 13.6. The maximum Gasteiger partial charge on any atom is 0.274 e. The molecule has 2 aromatic carbocycles. The Hall–Kier alpha value is -3.94. The number of hydrogen-bond acceptors (Lipinski definition) is 4. The van der Waals surface area contributed by atoms with Gasteiger partial charge in [0.05, 0.1) is 6.54 Å². The molecule has 0 aliphatic carbocycles. The van der Waals surface area contributed by atoms with Crippen molar-refractivity contribution < 1.29 is 14.4 Å². The summed E-state index contributed by atoms with van der Waals surface area (Å²) in [7, 11) is 0. The molecule has 3 heterocycles. The number of rotatable bonds is 5. The first-order valence-corrected chi connectivity index (χ1v) is 12.5. The Morgan fingerprint density at radius 3 is 2.47 bits per heavy atom. The number of fused-ring (bicyclic) bond motifs is 1. The van der Waals surface area contributed by atoms with Crippen LogP contribution in [0.3, 0.4) is 0 Å². The fourth-order valence-corrected chi connectivity index (χ4v) is 5.00. The molecule has 3 amide bonds. The van der Waals surface area contributed by atoms with Crippen LogP contribution in [0.25, 0.3) is 0 Å². The molecule has 36 heavy (non-hydrogen) atoms. The highest BCUT2D eigenvalue weighted by molar-refractivity contribution is 5.97. The van der Waals surface area contributed by atoms with Crippen molar-refractivity contribution in [3.8, 4) is 0 Å². The van der Waals surface area contributed by atoms with Gasteiger partial charge in [0.1, 0.15) is 0 Å². The summed E-state index contributed by atoms with van der Waals surface area (Å²) in [6, 6.07) is 17.8. The van der Waals surface area contributed by atoms with E-state index in [0.717, 1.165) is 23.2 Å². The third-order valence-corrected chi connectivity index (χ3v) is 7.05. The van der Waals surface area contributed by atoms with Gasteiger partial charge in [0.2, 0.25) is 5.91 Å². The zero-order chi connectivity index (χ0) is 25.1. The van der Waals surface area contributed by atoms with Gasteiger partial charge in [-0.25, -0.2) is 0 Å². The largest absolute Gasteiger partial charge is 0.354 e. The average Bonchev–Trinajstić information content (AvgIpc) is 3.12. The number of nitrogens with zero attached hydrogens (tertiary/aromatic N) is 4. The Balaban J connectivity index is 1.44. The van der Waals surface area contributed by atoms with Crippen LogP contribution in [0.2, 0.25) is 0 Å². The van der Waals surface area contributed by atoms with E-state index in [1.165, 1.54) is 5.56 Å². The molecule has 1 fully saturated rings. The summed E-state index contributed by atoms with van der Waals surface area (Å²) in [5, 5.41) is 7.62. The molecule has 0 atom stereocenters. The molecule has 0 spiro atoms. The first-order chi connectivity index (χ1) is 17.5. The van der Waals surface area contributed by atoms with Gasteiger partial charge in [0.25, 0.3) is 11.8 Å². The fraction of sp³-hybridized carbons (Fsp3) is 0.357. The van der Waals surface area contributed by atoms with Crippen molar-refractivity contribution in [1.82, 2.24) is 24.9 Å². The van der Waals surface area contributed by atoms with Crippen LogP contribution in [0.4, 0.5) is 0 Å². The molecule has 0 bridgehead atoms. The van der Waals surface area contributed by atoms with Crippen molar-refractivity contribution in [2.24, 2.45) is 0 Å². The quantitative estimate of drug-likeness (QED) is 0.602. The first kappa shape index (κ1) is 23.8. The van der Waals surface area contributed by atoms with E-state index in [1.807, 2.05) is 59.0 Å². The monoisotopic (exact) mass is 485 g/mol. The van der Waals surface area contributed by atoms with Crippen LogP contribution in [-0.4, -0.2) is 63.5 Å². The van der Waals surface area contributed by atoms with Crippen LogP contribution in [0.5, 0.6) is 0 Å². The van der Waals surface area contributed by atoms with Gasteiger partial charge in [-0.3, -0.25) is 19.1 Å². The molecule has 2 aliphatic heterocycles. The van der Waals surface area contributed by atoms with E-state index in [0.29, 0.717) is 56.9 Å². The van der Waals surface area contributed by atoms with Gasteiger partial charge in [0.15, 0.2) is 5.69 Å². The van der Waals surface area contributed by atoms with E-state index in [-0.39, 0.29) is 24.1 Å². The highest BCUT2D eigenvalue weighted by Gasteiger charge is 2.33. The van der Waals surface area contributed by atoms with Crippen molar-refractivity contribution in [3.63, 3.8) is 0 Å². The lowest BCUT2D eigenvalue weighted by Crippen LogP contribution is -2.38. The Kier molecular flexibility index (Phi) is 6.84. The maximum absolute atomic E-state index is 13.6. The second-order valence-corrected chi connectivity index (χ2v) is 9.42. The molecule has 1 aromatic heterocycles. The highest BCUT2D eigenvalue weighted by Crippen LogP contribution is 2.26. The zero-order valence-corrected chi connectivity index (χ0v) is 20.6. The van der Waals surface area contributed by atoms with E-state index in [4.69, 9.17) is 5.10 Å². The summed E-state index contributed by atoms with van der Waals surface area (Å²) in [6.07, 6.45) is 1.72. The normalized spacial score (nSPS) is 15.8. The van der Waals surface area contributed by atoms with E-state index >= 15 is 0 Å². The summed E-state index contributed by atoms with van der Waals surface area (Å²) < 4.78 is 1.95. The SMILES string of the molecule is Cc1ccccc1C(=O)N1CCc2c(c(C(=O)N3CCNC(=O)CC3)nn2CCc2ccccc2)C1. The number of carbonyl (C=O) groups is 3. The molecule has 3 aromatic rings. The highest BCUT2D eigenvalue weighted by atomic mass is 16.2. The first-order valence-electron chi connectivity index (χ1n) is 12.5.